The summed E-state index contributed by atoms with van der Waals surface area (Å²) in [5.41, 5.74) is 3.27. The highest BCUT2D eigenvalue weighted by Gasteiger charge is 2.33. The van der Waals surface area contributed by atoms with E-state index < -0.39 is 5.97 Å². The Hall–Kier alpha value is -3.99. The van der Waals surface area contributed by atoms with E-state index in [-0.39, 0.29) is 23.7 Å². The zero-order valence-electron chi connectivity index (χ0n) is 22.6. The molecule has 2 aromatic carbocycles. The predicted molar refractivity (Wildman–Crippen MR) is 156 cm³/mol. The van der Waals surface area contributed by atoms with E-state index in [1.807, 2.05) is 31.2 Å². The van der Waals surface area contributed by atoms with Crippen molar-refractivity contribution in [3.8, 4) is 28.2 Å². The van der Waals surface area contributed by atoms with Crippen molar-refractivity contribution in [2.45, 2.75) is 31.6 Å². The molecule has 3 atom stereocenters. The molecule has 3 aliphatic rings. The maximum Gasteiger partial charge on any atom is 0.338 e. The van der Waals surface area contributed by atoms with Gasteiger partial charge in [0.05, 0.1) is 38.5 Å². The minimum atomic E-state index is -0.522. The number of methoxy groups -OCH3 is 3. The van der Waals surface area contributed by atoms with E-state index in [0.717, 1.165) is 17.4 Å². The Kier molecular flexibility index (Phi) is 8.02. The molecule has 0 aromatic heterocycles. The number of esters is 1. The molecule has 9 nitrogen and oxygen atoms in total. The number of carbonyl (C=O) groups is 1. The highest BCUT2D eigenvalue weighted by molar-refractivity contribution is 7.80. The Bertz CT molecular complexity index is 1600. The summed E-state index contributed by atoms with van der Waals surface area (Å²) in [7, 11) is 4.54. The van der Waals surface area contributed by atoms with Gasteiger partial charge in [-0.05, 0) is 67.5 Å². The molecule has 1 fully saturated rings. The molecule has 0 saturated carbocycles. The van der Waals surface area contributed by atoms with E-state index in [2.05, 4.69) is 10.6 Å². The van der Waals surface area contributed by atoms with Crippen molar-refractivity contribution in [2.75, 3.05) is 33.3 Å². The number of hydrogen-bond acceptors (Lipinski definition) is 8. The second-order valence-corrected chi connectivity index (χ2v) is 10.0. The van der Waals surface area contributed by atoms with Gasteiger partial charge in [0.1, 0.15) is 23.2 Å². The number of ether oxygens (including phenoxy) is 4. The number of thiocarbonyl (C=S) groups is 1. The van der Waals surface area contributed by atoms with Gasteiger partial charge < -0.3 is 34.0 Å². The third-order valence-corrected chi connectivity index (χ3v) is 7.16. The van der Waals surface area contributed by atoms with Gasteiger partial charge in [0.25, 0.3) is 0 Å². The summed E-state index contributed by atoms with van der Waals surface area (Å²) in [4.78, 5) is 25.2. The molecule has 2 heterocycles. The smallest absolute Gasteiger partial charge is 0.338 e. The summed E-state index contributed by atoms with van der Waals surface area (Å²) in [5.74, 6) is 0.473. The number of hydrogen-bond donors (Lipinski definition) is 2. The molecule has 0 spiro atoms. The van der Waals surface area contributed by atoms with Crippen LogP contribution < -0.4 is 20.8 Å². The Labute approximate surface area is 236 Å². The summed E-state index contributed by atoms with van der Waals surface area (Å²) in [6, 6.07) is 15.4. The van der Waals surface area contributed by atoms with Crippen LogP contribution in [0.5, 0.6) is 5.75 Å². The topological polar surface area (TPSA) is 108 Å². The van der Waals surface area contributed by atoms with Gasteiger partial charge in [-0.2, -0.15) is 0 Å². The molecule has 1 aliphatic carbocycles. The van der Waals surface area contributed by atoms with Crippen LogP contribution in [0.2, 0.25) is 0 Å². The number of rotatable bonds is 7. The standard InChI is InChI=1S/C30H30N2O7S/c1-16-11-24(27(38-16)15-35-2)32-30(40)31-17-5-8-20(23(12-17)29(34)37-4)28-21-9-6-18(33)13-25(21)39-26-14-19(36-3)7-10-22(26)28/h5-10,12-14,16,24,27H,11,15H2,1-4H3,(H2,31,32,40)/t16-,24-,27+/m0/s1. The van der Waals surface area contributed by atoms with Crippen LogP contribution in [0.15, 0.2) is 63.8 Å². The number of carbonyl (C=O) groups excluding carboxylic acids is 1. The van der Waals surface area contributed by atoms with Crippen LogP contribution >= 0.6 is 12.2 Å². The number of anilines is 1. The van der Waals surface area contributed by atoms with E-state index in [0.29, 0.717) is 51.2 Å². The lowest BCUT2D eigenvalue weighted by molar-refractivity contribution is -0.000112. The Morgan fingerprint density at radius 3 is 2.60 bits per heavy atom. The van der Waals surface area contributed by atoms with Crippen molar-refractivity contribution in [3.63, 3.8) is 0 Å². The molecule has 2 aromatic rings. The molecule has 1 saturated heterocycles. The number of fused-ring (bicyclic) bond motifs is 2. The van der Waals surface area contributed by atoms with Gasteiger partial charge in [0, 0.05) is 41.4 Å². The van der Waals surface area contributed by atoms with Gasteiger partial charge in [-0.1, -0.05) is 6.07 Å². The first-order valence-corrected chi connectivity index (χ1v) is 13.2. The first-order chi connectivity index (χ1) is 19.3. The number of nitrogens with one attached hydrogen (secondary N) is 2. The lowest BCUT2D eigenvalue weighted by atomic mass is 9.90. The van der Waals surface area contributed by atoms with E-state index in [4.69, 9.17) is 35.6 Å². The third kappa shape index (κ3) is 5.51. The van der Waals surface area contributed by atoms with E-state index >= 15 is 0 Å². The molecule has 5 rings (SSSR count). The fourth-order valence-electron chi connectivity index (χ4n) is 5.15. The van der Waals surface area contributed by atoms with Gasteiger partial charge in [0.2, 0.25) is 0 Å². The molecule has 40 heavy (non-hydrogen) atoms. The van der Waals surface area contributed by atoms with Crippen molar-refractivity contribution in [3.05, 3.63) is 70.4 Å². The van der Waals surface area contributed by atoms with Crippen LogP contribution in [-0.4, -0.2) is 57.3 Å². The second kappa shape index (κ2) is 11.6. The Balaban J connectivity index is 1.55. The first-order valence-electron chi connectivity index (χ1n) is 12.8. The van der Waals surface area contributed by atoms with Gasteiger partial charge in [-0.15, -0.1) is 0 Å². The molecule has 0 unspecified atom stereocenters. The first kappa shape index (κ1) is 27.6. The van der Waals surface area contributed by atoms with Gasteiger partial charge in [0.15, 0.2) is 10.5 Å². The zero-order chi connectivity index (χ0) is 28.4. The lowest BCUT2D eigenvalue weighted by Gasteiger charge is -2.22. The normalized spacial score (nSPS) is 18.6. The highest BCUT2D eigenvalue weighted by Crippen LogP contribution is 2.42. The molecule has 208 valence electrons. The molecule has 0 amide bonds. The van der Waals surface area contributed by atoms with Gasteiger partial charge >= 0.3 is 5.97 Å². The lowest BCUT2D eigenvalue weighted by Crippen LogP contribution is -2.44. The second-order valence-electron chi connectivity index (χ2n) is 9.63. The van der Waals surface area contributed by atoms with Crippen molar-refractivity contribution in [1.29, 1.82) is 0 Å². The van der Waals surface area contributed by atoms with Gasteiger partial charge in [-0.25, -0.2) is 4.79 Å². The Morgan fingerprint density at radius 2 is 1.85 bits per heavy atom. The minimum absolute atomic E-state index is 0.0111. The predicted octanol–water partition coefficient (Wildman–Crippen LogP) is 4.84. The van der Waals surface area contributed by atoms with Crippen LogP contribution in [0, 0.1) is 0 Å². The van der Waals surface area contributed by atoms with Crippen LogP contribution in [0.3, 0.4) is 0 Å². The van der Waals surface area contributed by atoms with Crippen LogP contribution in [-0.2, 0) is 14.2 Å². The summed E-state index contributed by atoms with van der Waals surface area (Å²) in [6.45, 7) is 2.47. The largest absolute Gasteiger partial charge is 0.497 e. The zero-order valence-corrected chi connectivity index (χ0v) is 23.4. The van der Waals surface area contributed by atoms with Crippen molar-refractivity contribution < 1.29 is 28.2 Å². The van der Waals surface area contributed by atoms with E-state index in [1.54, 1.807) is 32.4 Å². The van der Waals surface area contributed by atoms with Gasteiger partial charge in [-0.3, -0.25) is 4.79 Å². The monoisotopic (exact) mass is 562 g/mol. The van der Waals surface area contributed by atoms with Crippen LogP contribution in [0.25, 0.3) is 33.4 Å². The Morgan fingerprint density at radius 1 is 1.05 bits per heavy atom. The molecule has 2 aliphatic heterocycles. The molecule has 0 bridgehead atoms. The quantitative estimate of drug-likeness (QED) is 0.185. The maximum atomic E-state index is 13.1. The summed E-state index contributed by atoms with van der Waals surface area (Å²) < 4.78 is 27.8. The summed E-state index contributed by atoms with van der Waals surface area (Å²) in [5, 5.41) is 7.64. The average molecular weight is 563 g/mol. The maximum absolute atomic E-state index is 13.1. The summed E-state index contributed by atoms with van der Waals surface area (Å²) in [6.07, 6.45) is 0.758. The fourth-order valence-corrected chi connectivity index (χ4v) is 5.42. The van der Waals surface area contributed by atoms with E-state index in [1.165, 1.54) is 19.2 Å². The van der Waals surface area contributed by atoms with Crippen LogP contribution in [0.1, 0.15) is 23.7 Å². The molecular weight excluding hydrogens is 532 g/mol. The van der Waals surface area contributed by atoms with Crippen molar-refractivity contribution >= 4 is 40.0 Å². The molecule has 2 N–H and O–H groups in total. The average Bonchev–Trinajstić information content (AvgIpc) is 3.28. The van der Waals surface area contributed by atoms with Crippen LogP contribution in [0.4, 0.5) is 5.69 Å². The fraction of sp³-hybridized carbons (Fsp3) is 0.300. The third-order valence-electron chi connectivity index (χ3n) is 6.94. The molecule has 10 heteroatoms. The number of benzene rings is 3. The SMILES string of the molecule is COC[C@H]1O[C@@H](C)C[C@@H]1NC(=S)Nc1ccc(-c2c3ccc(=O)cc-3oc3cc(OC)ccc23)c(C(=O)OC)c1. The van der Waals surface area contributed by atoms with E-state index in [9.17, 15) is 9.59 Å². The molecular formula is C30H30N2O7S. The van der Waals surface area contributed by atoms with Crippen molar-refractivity contribution in [1.82, 2.24) is 5.32 Å². The summed E-state index contributed by atoms with van der Waals surface area (Å²) >= 11 is 5.59. The van der Waals surface area contributed by atoms with Crippen molar-refractivity contribution in [2.24, 2.45) is 0 Å². The molecule has 0 radical (unpaired) electrons. The minimum Gasteiger partial charge on any atom is -0.497 e. The highest BCUT2D eigenvalue weighted by atomic mass is 32.1.